The van der Waals surface area contributed by atoms with E-state index >= 15 is 0 Å². The maximum atomic E-state index is 11.4. The zero-order valence-corrected chi connectivity index (χ0v) is 9.70. The van der Waals surface area contributed by atoms with Gasteiger partial charge in [0.15, 0.2) is 0 Å². The highest BCUT2D eigenvalue weighted by Crippen LogP contribution is 2.23. The van der Waals surface area contributed by atoms with Gasteiger partial charge in [-0.1, -0.05) is 36.4 Å². The molecule has 0 aliphatic carbocycles. The third kappa shape index (κ3) is 6.06. The molecule has 0 saturated heterocycles. The summed E-state index contributed by atoms with van der Waals surface area (Å²) in [4.78, 5) is 11.4. The lowest BCUT2D eigenvalue weighted by atomic mass is 10.0. The number of allylic oxidation sites excluding steroid dienone is 2. The first-order valence-corrected chi connectivity index (χ1v) is 5.06. The molecule has 0 aromatic rings. The first kappa shape index (κ1) is 13.5. The van der Waals surface area contributed by atoms with Crippen molar-refractivity contribution in [2.45, 2.75) is 19.8 Å². The zero-order chi connectivity index (χ0) is 11.1. The molecule has 0 fully saturated rings. The normalized spacial score (nSPS) is 10.0. The van der Waals surface area contributed by atoms with Crippen LogP contribution in [0.5, 0.6) is 0 Å². The van der Waals surface area contributed by atoms with Crippen molar-refractivity contribution >= 4 is 29.2 Å². The fourth-order valence-electron chi connectivity index (χ4n) is 1.03. The molecule has 0 aliphatic heterocycles. The van der Waals surface area contributed by atoms with E-state index in [4.69, 9.17) is 27.9 Å². The van der Waals surface area contributed by atoms with Crippen molar-refractivity contribution in [2.75, 3.05) is 6.61 Å². The van der Waals surface area contributed by atoms with Crippen LogP contribution >= 0.6 is 23.2 Å². The number of carbonyl (C=O) groups is 1. The van der Waals surface area contributed by atoms with Crippen molar-refractivity contribution < 1.29 is 9.53 Å². The SMILES string of the molecule is C=C(Cl)CC(CC(=C)Cl)C(=O)OCC. The molecule has 0 heterocycles. The van der Waals surface area contributed by atoms with Gasteiger partial charge in [0.2, 0.25) is 0 Å². The minimum absolute atomic E-state index is 0.309. The fraction of sp³-hybridized carbons (Fsp3) is 0.500. The van der Waals surface area contributed by atoms with Crippen LogP contribution in [0.3, 0.4) is 0 Å². The molecule has 0 bridgehead atoms. The van der Waals surface area contributed by atoms with E-state index in [1.165, 1.54) is 0 Å². The molecule has 0 aromatic carbocycles. The minimum atomic E-state index is -0.370. The second-order valence-corrected chi connectivity index (χ2v) is 3.96. The van der Waals surface area contributed by atoms with Gasteiger partial charge in [0, 0.05) is 10.1 Å². The van der Waals surface area contributed by atoms with Gasteiger partial charge in [-0.3, -0.25) is 4.79 Å². The molecule has 4 heteroatoms. The number of ether oxygens (including phenoxy) is 1. The molecule has 0 radical (unpaired) electrons. The van der Waals surface area contributed by atoms with Gasteiger partial charge in [0.05, 0.1) is 12.5 Å². The Kier molecular flexibility index (Phi) is 6.67. The van der Waals surface area contributed by atoms with Gasteiger partial charge in [-0.2, -0.15) is 0 Å². The van der Waals surface area contributed by atoms with Gasteiger partial charge in [-0.15, -0.1) is 0 Å². The Labute approximate surface area is 94.5 Å². The molecule has 0 aromatic heterocycles. The van der Waals surface area contributed by atoms with Crippen LogP contribution < -0.4 is 0 Å². The van der Waals surface area contributed by atoms with E-state index < -0.39 is 0 Å². The third-order valence-corrected chi connectivity index (χ3v) is 1.86. The molecule has 0 spiro atoms. The Morgan fingerprint density at radius 3 is 2.00 bits per heavy atom. The van der Waals surface area contributed by atoms with Crippen LogP contribution in [0.4, 0.5) is 0 Å². The molecule has 0 N–H and O–H groups in total. The van der Waals surface area contributed by atoms with E-state index in [2.05, 4.69) is 13.2 Å². The monoisotopic (exact) mass is 236 g/mol. The number of rotatable bonds is 6. The topological polar surface area (TPSA) is 26.3 Å². The third-order valence-electron chi connectivity index (χ3n) is 1.56. The van der Waals surface area contributed by atoms with E-state index in [9.17, 15) is 4.79 Å². The van der Waals surface area contributed by atoms with E-state index in [0.717, 1.165) is 0 Å². The van der Waals surface area contributed by atoms with Crippen molar-refractivity contribution in [2.24, 2.45) is 5.92 Å². The van der Waals surface area contributed by atoms with E-state index in [1.54, 1.807) is 6.92 Å². The van der Waals surface area contributed by atoms with Crippen molar-refractivity contribution in [1.29, 1.82) is 0 Å². The summed E-state index contributed by atoms with van der Waals surface area (Å²) in [7, 11) is 0. The predicted octanol–water partition coefficient (Wildman–Crippen LogP) is 3.45. The molecular formula is C10H14Cl2O2. The quantitative estimate of drug-likeness (QED) is 0.661. The maximum Gasteiger partial charge on any atom is 0.309 e. The van der Waals surface area contributed by atoms with Gasteiger partial charge in [-0.05, 0) is 19.8 Å². The summed E-state index contributed by atoms with van der Waals surface area (Å²) in [5.41, 5.74) is 0. The smallest absolute Gasteiger partial charge is 0.309 e. The molecule has 0 unspecified atom stereocenters. The lowest BCUT2D eigenvalue weighted by molar-refractivity contribution is -0.147. The van der Waals surface area contributed by atoms with Crippen molar-refractivity contribution in [3.8, 4) is 0 Å². The molecule has 0 aliphatic rings. The average Bonchev–Trinajstić information content (AvgIpc) is 2.01. The summed E-state index contributed by atoms with van der Waals surface area (Å²) < 4.78 is 4.87. The fourth-order valence-corrected chi connectivity index (χ4v) is 1.41. The van der Waals surface area contributed by atoms with Gasteiger partial charge in [0.25, 0.3) is 0 Å². The number of halogens is 2. The summed E-state index contributed by atoms with van der Waals surface area (Å²) in [6, 6.07) is 0. The summed E-state index contributed by atoms with van der Waals surface area (Å²) >= 11 is 11.3. The lowest BCUT2D eigenvalue weighted by Gasteiger charge is -2.13. The largest absolute Gasteiger partial charge is 0.466 e. The summed E-state index contributed by atoms with van der Waals surface area (Å²) in [5.74, 6) is -0.680. The molecular weight excluding hydrogens is 223 g/mol. The number of hydrogen-bond donors (Lipinski definition) is 0. The van der Waals surface area contributed by atoms with Crippen LogP contribution in [0.15, 0.2) is 23.2 Å². The Morgan fingerprint density at radius 2 is 1.71 bits per heavy atom. The molecule has 0 rings (SSSR count). The zero-order valence-electron chi connectivity index (χ0n) is 8.19. The molecule has 2 nitrogen and oxygen atoms in total. The summed E-state index contributed by atoms with van der Waals surface area (Å²) in [6.45, 7) is 9.16. The summed E-state index contributed by atoms with van der Waals surface area (Å²) in [6.07, 6.45) is 0.734. The van der Waals surface area contributed by atoms with Gasteiger partial charge < -0.3 is 4.74 Å². The van der Waals surface area contributed by atoms with Crippen LogP contribution in [0.1, 0.15) is 19.8 Å². The second kappa shape index (κ2) is 6.91. The Bertz CT molecular complexity index is 220. The Hall–Kier alpha value is -0.470. The van der Waals surface area contributed by atoms with Gasteiger partial charge in [-0.25, -0.2) is 0 Å². The second-order valence-electron chi connectivity index (χ2n) is 2.89. The van der Waals surface area contributed by atoms with E-state index in [-0.39, 0.29) is 11.9 Å². The summed E-state index contributed by atoms with van der Waals surface area (Å²) in [5, 5.41) is 0.835. The van der Waals surface area contributed by atoms with E-state index in [1.807, 2.05) is 0 Å². The molecule has 0 atom stereocenters. The average molecular weight is 237 g/mol. The highest BCUT2D eigenvalue weighted by atomic mass is 35.5. The van der Waals surface area contributed by atoms with Crippen LogP contribution in [0, 0.1) is 5.92 Å². The van der Waals surface area contributed by atoms with Crippen LogP contribution in [-0.2, 0) is 9.53 Å². The maximum absolute atomic E-state index is 11.4. The van der Waals surface area contributed by atoms with Crippen molar-refractivity contribution in [3.05, 3.63) is 23.2 Å². The Balaban J connectivity index is 4.29. The van der Waals surface area contributed by atoms with Gasteiger partial charge >= 0.3 is 5.97 Å². The van der Waals surface area contributed by atoms with Crippen molar-refractivity contribution in [1.82, 2.24) is 0 Å². The lowest BCUT2D eigenvalue weighted by Crippen LogP contribution is -2.17. The van der Waals surface area contributed by atoms with Crippen LogP contribution in [0.25, 0.3) is 0 Å². The molecule has 80 valence electrons. The first-order valence-electron chi connectivity index (χ1n) is 4.30. The first-order chi connectivity index (χ1) is 6.47. The molecule has 0 saturated carbocycles. The van der Waals surface area contributed by atoms with Crippen molar-refractivity contribution in [3.63, 3.8) is 0 Å². The van der Waals surface area contributed by atoms with Crippen LogP contribution in [0.2, 0.25) is 0 Å². The number of carbonyl (C=O) groups excluding carboxylic acids is 1. The highest BCUT2D eigenvalue weighted by Gasteiger charge is 2.20. The van der Waals surface area contributed by atoms with Gasteiger partial charge in [0.1, 0.15) is 0 Å². The number of hydrogen-bond acceptors (Lipinski definition) is 2. The minimum Gasteiger partial charge on any atom is -0.466 e. The molecule has 14 heavy (non-hydrogen) atoms. The Morgan fingerprint density at radius 1 is 1.29 bits per heavy atom. The number of esters is 1. The molecule has 0 amide bonds. The van der Waals surface area contributed by atoms with Crippen LogP contribution in [-0.4, -0.2) is 12.6 Å². The highest BCUT2D eigenvalue weighted by molar-refractivity contribution is 6.30. The predicted molar refractivity (Wildman–Crippen MR) is 59.3 cm³/mol. The van der Waals surface area contributed by atoms with E-state index in [0.29, 0.717) is 29.5 Å². The standard InChI is InChI=1S/C10H14Cl2O2/c1-4-14-10(13)9(5-7(2)11)6-8(3)12/h9H,2-6H2,1H3.